The molecule has 0 fully saturated rings. The fourth-order valence-corrected chi connectivity index (χ4v) is 1.14. The summed E-state index contributed by atoms with van der Waals surface area (Å²) in [5, 5.41) is 8.47. The summed E-state index contributed by atoms with van der Waals surface area (Å²) in [6.45, 7) is 3.82. The lowest BCUT2D eigenvalue weighted by molar-refractivity contribution is -0.179. The normalized spacial score (nSPS) is 12.8. The average Bonchev–Trinajstić information content (AvgIpc) is 2.44. The molecule has 0 spiro atoms. The molecule has 7 heteroatoms. The number of ether oxygens (including phenoxy) is 5. The van der Waals surface area contributed by atoms with Gasteiger partial charge in [0.2, 0.25) is 6.29 Å². The first-order chi connectivity index (χ1) is 9.74. The van der Waals surface area contributed by atoms with Crippen LogP contribution in [0.5, 0.6) is 0 Å². The van der Waals surface area contributed by atoms with Crippen LogP contribution in [0.2, 0.25) is 0 Å². The van der Waals surface area contributed by atoms with E-state index in [1.165, 1.54) is 13.2 Å². The molecule has 1 N–H and O–H groups in total. The highest BCUT2D eigenvalue weighted by Gasteiger charge is 2.11. The number of carbonyl (C=O) groups is 1. The van der Waals surface area contributed by atoms with Crippen molar-refractivity contribution in [2.45, 2.75) is 13.2 Å². The Bertz CT molecular complexity index is 255. The van der Waals surface area contributed by atoms with E-state index >= 15 is 0 Å². The molecule has 0 aliphatic carbocycles. The molecule has 0 amide bonds. The van der Waals surface area contributed by atoms with Gasteiger partial charge in [-0.2, -0.15) is 0 Å². The maximum atomic E-state index is 11.2. The molecule has 0 aliphatic rings. The van der Waals surface area contributed by atoms with Crippen molar-refractivity contribution >= 4 is 5.97 Å². The van der Waals surface area contributed by atoms with Gasteiger partial charge in [-0.25, -0.2) is 4.79 Å². The van der Waals surface area contributed by atoms with Crippen molar-refractivity contribution in [1.29, 1.82) is 0 Å². The molecule has 0 rings (SSSR count). The molecule has 0 radical (unpaired) electrons. The average molecular weight is 292 g/mol. The van der Waals surface area contributed by atoms with Crippen LogP contribution >= 0.6 is 0 Å². The van der Waals surface area contributed by atoms with Gasteiger partial charge in [-0.05, 0) is 6.92 Å². The van der Waals surface area contributed by atoms with Crippen LogP contribution in [0.4, 0.5) is 0 Å². The van der Waals surface area contributed by atoms with E-state index in [9.17, 15) is 4.79 Å². The predicted octanol–water partition coefficient (Wildman–Crippen LogP) is 0.120. The summed E-state index contributed by atoms with van der Waals surface area (Å²) in [7, 11) is 1.44. The minimum atomic E-state index is -0.730. The van der Waals surface area contributed by atoms with E-state index in [1.54, 1.807) is 13.0 Å². The molecule has 0 saturated heterocycles. The van der Waals surface area contributed by atoms with Crippen LogP contribution in [0.25, 0.3) is 0 Å². The van der Waals surface area contributed by atoms with Crippen LogP contribution in [-0.4, -0.2) is 70.7 Å². The van der Waals surface area contributed by atoms with E-state index in [2.05, 4.69) is 0 Å². The lowest BCUT2D eigenvalue weighted by Crippen LogP contribution is -2.25. The van der Waals surface area contributed by atoms with Gasteiger partial charge >= 0.3 is 5.97 Å². The number of hydrogen-bond acceptors (Lipinski definition) is 7. The zero-order valence-corrected chi connectivity index (χ0v) is 12.1. The zero-order chi connectivity index (χ0) is 15.1. The van der Waals surface area contributed by atoms with Crippen LogP contribution in [0.3, 0.4) is 0 Å². The smallest absolute Gasteiger partial charge is 0.332 e. The van der Waals surface area contributed by atoms with Gasteiger partial charge in [-0.1, -0.05) is 6.08 Å². The summed E-state index contributed by atoms with van der Waals surface area (Å²) in [4.78, 5) is 11.2. The van der Waals surface area contributed by atoms with Crippen LogP contribution in [0, 0.1) is 0 Å². The van der Waals surface area contributed by atoms with Gasteiger partial charge in [0.05, 0.1) is 39.6 Å². The van der Waals surface area contributed by atoms with Crippen molar-refractivity contribution in [3.05, 3.63) is 12.2 Å². The number of allylic oxidation sites excluding steroid dienone is 1. The molecular formula is C13H24O7. The van der Waals surface area contributed by atoms with Gasteiger partial charge < -0.3 is 28.8 Å². The second-order valence-electron chi connectivity index (χ2n) is 3.63. The molecule has 0 aromatic heterocycles. The fourth-order valence-electron chi connectivity index (χ4n) is 1.14. The van der Waals surface area contributed by atoms with Crippen LogP contribution in [0.1, 0.15) is 6.92 Å². The van der Waals surface area contributed by atoms with Gasteiger partial charge in [0.25, 0.3) is 0 Å². The number of hydrogen-bond donors (Lipinski definition) is 1. The Kier molecular flexibility index (Phi) is 13.7. The van der Waals surface area contributed by atoms with Gasteiger partial charge in [0.1, 0.15) is 6.61 Å². The van der Waals surface area contributed by atoms with Crippen molar-refractivity contribution in [1.82, 2.24) is 0 Å². The van der Waals surface area contributed by atoms with E-state index in [4.69, 9.17) is 28.8 Å². The third-order valence-electron chi connectivity index (χ3n) is 2.05. The van der Waals surface area contributed by atoms with Crippen molar-refractivity contribution < 1.29 is 33.6 Å². The van der Waals surface area contributed by atoms with Crippen LogP contribution in [0.15, 0.2) is 12.2 Å². The second kappa shape index (κ2) is 14.4. The van der Waals surface area contributed by atoms with E-state index in [-0.39, 0.29) is 13.2 Å². The predicted molar refractivity (Wildman–Crippen MR) is 71.2 cm³/mol. The second-order valence-corrected chi connectivity index (χ2v) is 3.63. The Morgan fingerprint density at radius 2 is 1.70 bits per heavy atom. The highest BCUT2D eigenvalue weighted by Crippen LogP contribution is 1.96. The molecular weight excluding hydrogens is 268 g/mol. The molecule has 1 unspecified atom stereocenters. The van der Waals surface area contributed by atoms with Crippen molar-refractivity contribution in [2.75, 3.05) is 53.4 Å². The van der Waals surface area contributed by atoms with Gasteiger partial charge in [0, 0.05) is 13.2 Å². The summed E-state index contributed by atoms with van der Waals surface area (Å²) < 4.78 is 25.4. The number of methoxy groups -OCH3 is 1. The minimum Gasteiger partial charge on any atom is -0.430 e. The number of aliphatic hydroxyl groups is 1. The largest absolute Gasteiger partial charge is 0.430 e. The standard InChI is InChI=1S/C13H24O7/c1-3-4-12(15)20-13(16-2)11-19-10-9-18-8-7-17-6-5-14/h3-4,13-14H,5-11H2,1-2H3/b4-3+. The topological polar surface area (TPSA) is 83.5 Å². The van der Waals surface area contributed by atoms with Crippen LogP contribution < -0.4 is 0 Å². The Morgan fingerprint density at radius 3 is 2.25 bits per heavy atom. The summed E-state index contributed by atoms with van der Waals surface area (Å²) in [5.41, 5.74) is 0. The highest BCUT2D eigenvalue weighted by atomic mass is 16.7. The molecule has 0 aromatic carbocycles. The molecule has 0 saturated carbocycles. The van der Waals surface area contributed by atoms with E-state index in [0.29, 0.717) is 33.0 Å². The quantitative estimate of drug-likeness (QED) is 0.223. The molecule has 0 aliphatic heterocycles. The molecule has 20 heavy (non-hydrogen) atoms. The Balaban J connectivity index is 3.44. The summed E-state index contributed by atoms with van der Waals surface area (Å²) in [6.07, 6.45) is 2.16. The minimum absolute atomic E-state index is 0.00740. The Labute approximate surface area is 119 Å². The first-order valence-electron chi connectivity index (χ1n) is 6.44. The molecule has 7 nitrogen and oxygen atoms in total. The van der Waals surface area contributed by atoms with Gasteiger partial charge in [0.15, 0.2) is 0 Å². The highest BCUT2D eigenvalue weighted by molar-refractivity contribution is 5.81. The molecule has 0 heterocycles. The number of esters is 1. The molecule has 0 bridgehead atoms. The lowest BCUT2D eigenvalue weighted by Gasteiger charge is -2.15. The van der Waals surface area contributed by atoms with E-state index in [0.717, 1.165) is 0 Å². The lowest BCUT2D eigenvalue weighted by atomic mass is 10.5. The third-order valence-corrected chi connectivity index (χ3v) is 2.05. The zero-order valence-electron chi connectivity index (χ0n) is 12.1. The van der Waals surface area contributed by atoms with Crippen molar-refractivity contribution in [3.8, 4) is 0 Å². The van der Waals surface area contributed by atoms with E-state index < -0.39 is 12.3 Å². The summed E-state index contributed by atoms with van der Waals surface area (Å²) in [6, 6.07) is 0. The fraction of sp³-hybridized carbons (Fsp3) is 0.769. The van der Waals surface area contributed by atoms with Gasteiger partial charge in [-0.15, -0.1) is 0 Å². The number of rotatable bonds is 13. The molecule has 0 aromatic rings. The van der Waals surface area contributed by atoms with Crippen LogP contribution in [-0.2, 0) is 28.5 Å². The molecule has 1 atom stereocenters. The monoisotopic (exact) mass is 292 g/mol. The third kappa shape index (κ3) is 12.1. The van der Waals surface area contributed by atoms with Gasteiger partial charge in [-0.3, -0.25) is 0 Å². The van der Waals surface area contributed by atoms with Crippen molar-refractivity contribution in [3.63, 3.8) is 0 Å². The SMILES string of the molecule is C/C=C/C(=O)OC(COCCOCCOCCO)OC. The maximum Gasteiger partial charge on any atom is 0.332 e. The number of aliphatic hydroxyl groups excluding tert-OH is 1. The maximum absolute atomic E-state index is 11.2. The number of carbonyl (C=O) groups excluding carboxylic acids is 1. The first-order valence-corrected chi connectivity index (χ1v) is 6.44. The molecule has 118 valence electrons. The van der Waals surface area contributed by atoms with E-state index in [1.807, 2.05) is 0 Å². The Hall–Kier alpha value is -0.990. The van der Waals surface area contributed by atoms with Crippen molar-refractivity contribution in [2.24, 2.45) is 0 Å². The summed E-state index contributed by atoms with van der Waals surface area (Å²) >= 11 is 0. The Morgan fingerprint density at radius 1 is 1.10 bits per heavy atom. The first kappa shape index (κ1) is 19.0. The summed E-state index contributed by atoms with van der Waals surface area (Å²) in [5.74, 6) is -0.472.